The normalized spacial score (nSPS) is 21.9. The minimum atomic E-state index is -0.477. The Labute approximate surface area is 129 Å². The molecule has 0 spiro atoms. The van der Waals surface area contributed by atoms with Crippen molar-refractivity contribution in [2.24, 2.45) is 0 Å². The number of piperidine rings is 1. The molecule has 116 valence electrons. The predicted octanol–water partition coefficient (Wildman–Crippen LogP) is 0.944. The topological polar surface area (TPSA) is 69.7 Å². The number of carbonyl (C=O) groups excluding carboxylic acids is 3. The molecule has 0 radical (unpaired) electrons. The van der Waals surface area contributed by atoms with Crippen molar-refractivity contribution >= 4 is 17.8 Å². The van der Waals surface area contributed by atoms with Crippen LogP contribution in [-0.2, 0) is 9.59 Å². The molecule has 2 saturated heterocycles. The van der Waals surface area contributed by atoms with Crippen molar-refractivity contribution in [2.75, 3.05) is 26.2 Å². The number of hydrogen-bond acceptors (Lipinski definition) is 3. The molecule has 0 aromatic heterocycles. The van der Waals surface area contributed by atoms with Crippen LogP contribution in [0.25, 0.3) is 0 Å². The summed E-state index contributed by atoms with van der Waals surface area (Å²) >= 11 is 0. The first-order valence-corrected chi connectivity index (χ1v) is 7.55. The van der Waals surface area contributed by atoms with Crippen molar-refractivity contribution in [1.29, 1.82) is 0 Å². The minimum Gasteiger partial charge on any atom is -0.341 e. The number of hydrogen-bond donors (Lipinski definition) is 1. The van der Waals surface area contributed by atoms with Gasteiger partial charge in [-0.2, -0.15) is 0 Å². The summed E-state index contributed by atoms with van der Waals surface area (Å²) in [7, 11) is 0. The molecule has 1 unspecified atom stereocenters. The number of rotatable bonds is 3. The molecule has 1 aromatic rings. The molecular weight excluding hydrogens is 282 g/mol. The summed E-state index contributed by atoms with van der Waals surface area (Å²) in [4.78, 5) is 38.1. The van der Waals surface area contributed by atoms with Crippen LogP contribution in [0.3, 0.4) is 0 Å². The van der Waals surface area contributed by atoms with Crippen molar-refractivity contribution < 1.29 is 14.4 Å². The van der Waals surface area contributed by atoms with Crippen LogP contribution in [0.4, 0.5) is 4.79 Å². The van der Waals surface area contributed by atoms with E-state index in [0.717, 1.165) is 12.8 Å². The van der Waals surface area contributed by atoms with Gasteiger partial charge >= 0.3 is 6.03 Å². The largest absolute Gasteiger partial charge is 0.341 e. The fraction of sp³-hybridized carbons (Fsp3) is 0.438. The van der Waals surface area contributed by atoms with Crippen molar-refractivity contribution in [3.8, 4) is 0 Å². The number of nitrogens with one attached hydrogen (secondary N) is 1. The summed E-state index contributed by atoms with van der Waals surface area (Å²) in [5, 5.41) is 2.19. The lowest BCUT2D eigenvalue weighted by atomic mass is 9.90. The van der Waals surface area contributed by atoms with Gasteiger partial charge in [-0.15, -0.1) is 0 Å². The third kappa shape index (κ3) is 3.10. The predicted molar refractivity (Wildman–Crippen MR) is 80.1 cm³/mol. The van der Waals surface area contributed by atoms with Gasteiger partial charge in [0, 0.05) is 19.0 Å². The molecule has 2 aliphatic rings. The zero-order valence-electron chi connectivity index (χ0n) is 12.3. The van der Waals surface area contributed by atoms with Gasteiger partial charge in [0.1, 0.15) is 13.1 Å². The van der Waals surface area contributed by atoms with E-state index in [0.29, 0.717) is 19.0 Å². The van der Waals surface area contributed by atoms with Gasteiger partial charge in [0.05, 0.1) is 0 Å². The Morgan fingerprint density at radius 1 is 1.23 bits per heavy atom. The average Bonchev–Trinajstić information content (AvgIpc) is 2.86. The van der Waals surface area contributed by atoms with Gasteiger partial charge < -0.3 is 9.80 Å². The van der Waals surface area contributed by atoms with Gasteiger partial charge in [0.15, 0.2) is 0 Å². The fourth-order valence-corrected chi connectivity index (χ4v) is 3.07. The maximum atomic E-state index is 12.4. The third-order valence-corrected chi connectivity index (χ3v) is 4.24. The lowest BCUT2D eigenvalue weighted by molar-refractivity contribution is -0.132. The highest BCUT2D eigenvalue weighted by Gasteiger charge is 2.31. The molecular formula is C16H19N3O3. The number of amides is 4. The number of urea groups is 1. The first kappa shape index (κ1) is 14.6. The fourth-order valence-electron chi connectivity index (χ4n) is 3.07. The molecule has 1 aromatic carbocycles. The zero-order valence-corrected chi connectivity index (χ0v) is 12.3. The van der Waals surface area contributed by atoms with Gasteiger partial charge in [-0.1, -0.05) is 30.3 Å². The second-order valence-electron chi connectivity index (χ2n) is 5.80. The first-order valence-electron chi connectivity index (χ1n) is 7.55. The highest BCUT2D eigenvalue weighted by Crippen LogP contribution is 2.26. The molecule has 2 heterocycles. The second-order valence-corrected chi connectivity index (χ2v) is 5.80. The van der Waals surface area contributed by atoms with Gasteiger partial charge in [0.2, 0.25) is 11.8 Å². The van der Waals surface area contributed by atoms with Crippen LogP contribution < -0.4 is 5.32 Å². The number of nitrogens with zero attached hydrogens (tertiary/aromatic N) is 2. The van der Waals surface area contributed by atoms with Crippen LogP contribution in [0.2, 0.25) is 0 Å². The summed E-state index contributed by atoms with van der Waals surface area (Å²) in [5.74, 6) is -0.1000. The van der Waals surface area contributed by atoms with Crippen LogP contribution in [0.5, 0.6) is 0 Å². The Hall–Kier alpha value is -2.37. The van der Waals surface area contributed by atoms with E-state index in [-0.39, 0.29) is 24.9 Å². The molecule has 0 bridgehead atoms. The van der Waals surface area contributed by atoms with E-state index in [4.69, 9.17) is 0 Å². The highest BCUT2D eigenvalue weighted by molar-refractivity contribution is 6.03. The van der Waals surface area contributed by atoms with Gasteiger partial charge in [-0.25, -0.2) is 4.79 Å². The molecule has 1 atom stereocenters. The Morgan fingerprint density at radius 3 is 2.68 bits per heavy atom. The monoisotopic (exact) mass is 301 g/mol. The van der Waals surface area contributed by atoms with Crippen LogP contribution in [-0.4, -0.2) is 53.8 Å². The van der Waals surface area contributed by atoms with Crippen LogP contribution >= 0.6 is 0 Å². The molecule has 2 aliphatic heterocycles. The smallest absolute Gasteiger partial charge is 0.325 e. The Balaban J connectivity index is 1.61. The van der Waals surface area contributed by atoms with Crippen LogP contribution in [0, 0.1) is 0 Å². The number of carbonyl (C=O) groups is 3. The van der Waals surface area contributed by atoms with Gasteiger partial charge in [-0.05, 0) is 18.4 Å². The van der Waals surface area contributed by atoms with E-state index < -0.39 is 6.03 Å². The minimum absolute atomic E-state index is 0.0273. The summed E-state index contributed by atoms with van der Waals surface area (Å²) in [6.45, 7) is 1.33. The standard InChI is InChI=1S/C16H19N3O3/c20-14-10-19(16(22)17-14)11-15(21)18-8-4-7-13(9-18)12-5-2-1-3-6-12/h1-3,5-6,13H,4,7-11H2,(H,17,20,22). The lowest BCUT2D eigenvalue weighted by Crippen LogP contribution is -2.45. The quantitative estimate of drug-likeness (QED) is 0.845. The summed E-state index contributed by atoms with van der Waals surface area (Å²) in [5.41, 5.74) is 1.24. The summed E-state index contributed by atoms with van der Waals surface area (Å²) in [6.07, 6.45) is 2.02. The van der Waals surface area contributed by atoms with E-state index in [9.17, 15) is 14.4 Å². The van der Waals surface area contributed by atoms with Crippen LogP contribution in [0.1, 0.15) is 24.3 Å². The molecule has 2 fully saturated rings. The number of imide groups is 1. The van der Waals surface area contributed by atoms with Crippen molar-refractivity contribution in [3.05, 3.63) is 35.9 Å². The average molecular weight is 301 g/mol. The summed E-state index contributed by atoms with van der Waals surface area (Å²) in [6, 6.07) is 9.70. The van der Waals surface area contributed by atoms with Gasteiger partial charge in [0.25, 0.3) is 0 Å². The van der Waals surface area contributed by atoms with E-state index in [2.05, 4.69) is 17.4 Å². The zero-order chi connectivity index (χ0) is 15.5. The molecule has 1 N–H and O–H groups in total. The highest BCUT2D eigenvalue weighted by atomic mass is 16.2. The van der Waals surface area contributed by atoms with E-state index in [1.807, 2.05) is 18.2 Å². The Morgan fingerprint density at radius 2 is 2.00 bits per heavy atom. The Kier molecular flexibility index (Phi) is 4.09. The van der Waals surface area contributed by atoms with Gasteiger partial charge in [-0.3, -0.25) is 14.9 Å². The molecule has 0 saturated carbocycles. The SMILES string of the molecule is O=C1CN(CC(=O)N2CCCC(c3ccccc3)C2)C(=O)N1. The van der Waals surface area contributed by atoms with E-state index >= 15 is 0 Å². The first-order chi connectivity index (χ1) is 10.6. The summed E-state index contributed by atoms with van der Waals surface area (Å²) < 4.78 is 0. The number of likely N-dealkylation sites (tertiary alicyclic amines) is 1. The molecule has 3 rings (SSSR count). The van der Waals surface area contributed by atoms with Crippen molar-refractivity contribution in [3.63, 3.8) is 0 Å². The maximum absolute atomic E-state index is 12.4. The second kappa shape index (κ2) is 6.17. The lowest BCUT2D eigenvalue weighted by Gasteiger charge is -2.33. The number of benzene rings is 1. The Bertz CT molecular complexity index is 588. The maximum Gasteiger partial charge on any atom is 0.325 e. The van der Waals surface area contributed by atoms with E-state index in [1.165, 1.54) is 10.5 Å². The van der Waals surface area contributed by atoms with Crippen molar-refractivity contribution in [2.45, 2.75) is 18.8 Å². The van der Waals surface area contributed by atoms with Crippen molar-refractivity contribution in [1.82, 2.24) is 15.1 Å². The van der Waals surface area contributed by atoms with Crippen LogP contribution in [0.15, 0.2) is 30.3 Å². The molecule has 4 amide bonds. The third-order valence-electron chi connectivity index (χ3n) is 4.24. The molecule has 22 heavy (non-hydrogen) atoms. The molecule has 0 aliphatic carbocycles. The molecule has 6 heteroatoms. The van der Waals surface area contributed by atoms with E-state index in [1.54, 1.807) is 4.90 Å². The molecule has 6 nitrogen and oxygen atoms in total.